The highest BCUT2D eigenvalue weighted by molar-refractivity contribution is 7.92. The van der Waals surface area contributed by atoms with Gasteiger partial charge in [0.15, 0.2) is 9.84 Å². The predicted octanol–water partition coefficient (Wildman–Crippen LogP) is 0.452. The molecule has 0 aromatic heterocycles. The second-order valence-corrected chi connectivity index (χ2v) is 7.32. The molecule has 0 unspecified atom stereocenters. The molecule has 0 aromatic carbocycles. The molecule has 104 valence electrons. The summed E-state index contributed by atoms with van der Waals surface area (Å²) < 4.78 is 32.3. The number of nitrogens with one attached hydrogen (secondary N) is 1. The fourth-order valence-electron chi connectivity index (χ4n) is 1.07. The molecule has 0 radical (unpaired) electrons. The number of hydrogen-bond donors (Lipinski definition) is 1. The Morgan fingerprint density at radius 3 is 2.35 bits per heavy atom. The summed E-state index contributed by atoms with van der Waals surface area (Å²) in [7, 11) is -1.37. The van der Waals surface area contributed by atoms with E-state index >= 15 is 0 Å². The highest BCUT2D eigenvalue weighted by Gasteiger charge is 2.29. The van der Waals surface area contributed by atoms with Crippen LogP contribution < -0.4 is 5.32 Å². The molecule has 5 nitrogen and oxygen atoms in total. The summed E-state index contributed by atoms with van der Waals surface area (Å²) in [6.07, 6.45) is 2.14. The van der Waals surface area contributed by atoms with E-state index in [4.69, 9.17) is 9.47 Å². The lowest BCUT2D eigenvalue weighted by atomic mass is 10.2. The highest BCUT2D eigenvalue weighted by Crippen LogP contribution is 2.12. The minimum atomic E-state index is -3.03. The van der Waals surface area contributed by atoms with Crippen molar-refractivity contribution in [2.75, 3.05) is 46.3 Å². The van der Waals surface area contributed by atoms with Gasteiger partial charge in [-0.3, -0.25) is 0 Å². The number of hydrogen-bond acceptors (Lipinski definition) is 5. The molecule has 17 heavy (non-hydrogen) atoms. The Balaban J connectivity index is 3.52. The normalized spacial score (nSPS) is 12.9. The molecule has 0 heterocycles. The monoisotopic (exact) mass is 267 g/mol. The van der Waals surface area contributed by atoms with E-state index in [1.165, 1.54) is 6.26 Å². The summed E-state index contributed by atoms with van der Waals surface area (Å²) in [5.41, 5.74) is 0. The summed E-state index contributed by atoms with van der Waals surface area (Å²) in [5, 5.41) is 3.09. The second kappa shape index (κ2) is 8.02. The van der Waals surface area contributed by atoms with Crippen LogP contribution in [0.15, 0.2) is 0 Å². The fourth-order valence-corrected chi connectivity index (χ4v) is 1.44. The van der Waals surface area contributed by atoms with Gasteiger partial charge in [-0.25, -0.2) is 8.42 Å². The van der Waals surface area contributed by atoms with Crippen molar-refractivity contribution in [2.45, 2.75) is 25.0 Å². The van der Waals surface area contributed by atoms with Crippen molar-refractivity contribution in [3.05, 3.63) is 0 Å². The highest BCUT2D eigenvalue weighted by atomic mass is 32.2. The number of ether oxygens (including phenoxy) is 2. The molecule has 0 aliphatic rings. The molecule has 0 bridgehead atoms. The van der Waals surface area contributed by atoms with Gasteiger partial charge in [0.05, 0.1) is 11.4 Å². The van der Waals surface area contributed by atoms with E-state index in [0.29, 0.717) is 32.9 Å². The maximum Gasteiger partial charge on any atom is 0.153 e. The van der Waals surface area contributed by atoms with E-state index in [9.17, 15) is 8.42 Å². The standard InChI is InChI=1S/C11H25NO4S/c1-11(2,17(4,13)14)10-12-6-9-16-8-5-7-15-3/h12H,5-10H2,1-4H3. The first-order valence-electron chi connectivity index (χ1n) is 5.78. The Kier molecular flexibility index (Phi) is 7.94. The Labute approximate surface area is 105 Å². The molecule has 0 saturated carbocycles. The first-order chi connectivity index (χ1) is 7.81. The van der Waals surface area contributed by atoms with Gasteiger partial charge < -0.3 is 14.8 Å². The van der Waals surface area contributed by atoms with Gasteiger partial charge in [-0.15, -0.1) is 0 Å². The fraction of sp³-hybridized carbons (Fsp3) is 1.00. The van der Waals surface area contributed by atoms with E-state index in [1.54, 1.807) is 21.0 Å². The summed E-state index contributed by atoms with van der Waals surface area (Å²) in [6, 6.07) is 0. The van der Waals surface area contributed by atoms with Crippen LogP contribution in [0.25, 0.3) is 0 Å². The smallest absolute Gasteiger partial charge is 0.153 e. The molecule has 0 aliphatic carbocycles. The zero-order valence-corrected chi connectivity index (χ0v) is 12.1. The van der Waals surface area contributed by atoms with Gasteiger partial charge in [-0.2, -0.15) is 0 Å². The lowest BCUT2D eigenvalue weighted by molar-refractivity contribution is 0.104. The molecular formula is C11H25NO4S. The number of rotatable bonds is 10. The molecule has 0 aliphatic heterocycles. The van der Waals surface area contributed by atoms with Gasteiger partial charge in [0, 0.05) is 39.7 Å². The van der Waals surface area contributed by atoms with Crippen LogP contribution in [0.1, 0.15) is 20.3 Å². The van der Waals surface area contributed by atoms with Gasteiger partial charge in [-0.1, -0.05) is 0 Å². The van der Waals surface area contributed by atoms with Crippen molar-refractivity contribution in [3.8, 4) is 0 Å². The molecule has 0 spiro atoms. The molecule has 0 aromatic rings. The molecule has 0 rings (SSSR count). The van der Waals surface area contributed by atoms with Gasteiger partial charge in [0.25, 0.3) is 0 Å². The third-order valence-corrected chi connectivity index (χ3v) is 4.77. The van der Waals surface area contributed by atoms with E-state index < -0.39 is 14.6 Å². The van der Waals surface area contributed by atoms with Crippen LogP contribution >= 0.6 is 0 Å². The van der Waals surface area contributed by atoms with E-state index in [0.717, 1.165) is 6.42 Å². The summed E-state index contributed by atoms with van der Waals surface area (Å²) in [6.45, 7) is 6.49. The summed E-state index contributed by atoms with van der Waals surface area (Å²) in [5.74, 6) is 0. The van der Waals surface area contributed by atoms with Crippen molar-refractivity contribution in [2.24, 2.45) is 0 Å². The van der Waals surface area contributed by atoms with Crippen LogP contribution in [0.4, 0.5) is 0 Å². The van der Waals surface area contributed by atoms with Crippen LogP contribution in [-0.2, 0) is 19.3 Å². The molecule has 0 saturated heterocycles. The Hall–Kier alpha value is -0.170. The zero-order chi connectivity index (χ0) is 13.4. The average Bonchev–Trinajstić information content (AvgIpc) is 2.20. The van der Waals surface area contributed by atoms with Crippen LogP contribution in [-0.4, -0.2) is 59.4 Å². The average molecular weight is 267 g/mol. The third kappa shape index (κ3) is 7.70. The van der Waals surface area contributed by atoms with Crippen molar-refractivity contribution >= 4 is 9.84 Å². The quantitative estimate of drug-likeness (QED) is 0.582. The van der Waals surface area contributed by atoms with E-state index in [-0.39, 0.29) is 0 Å². The number of sulfone groups is 1. The van der Waals surface area contributed by atoms with Crippen LogP contribution in [0.3, 0.4) is 0 Å². The third-order valence-electron chi connectivity index (χ3n) is 2.61. The lowest BCUT2D eigenvalue weighted by Crippen LogP contribution is -2.42. The topological polar surface area (TPSA) is 64.6 Å². The lowest BCUT2D eigenvalue weighted by Gasteiger charge is -2.22. The van der Waals surface area contributed by atoms with Gasteiger partial charge in [0.1, 0.15) is 0 Å². The van der Waals surface area contributed by atoms with Crippen molar-refractivity contribution in [1.82, 2.24) is 5.32 Å². The Bertz CT molecular complexity index is 288. The molecule has 0 atom stereocenters. The first-order valence-corrected chi connectivity index (χ1v) is 7.67. The maximum atomic E-state index is 11.4. The Morgan fingerprint density at radius 2 is 1.82 bits per heavy atom. The molecular weight excluding hydrogens is 242 g/mol. The van der Waals surface area contributed by atoms with Crippen LogP contribution in [0.2, 0.25) is 0 Å². The first kappa shape index (κ1) is 16.8. The number of methoxy groups -OCH3 is 1. The Morgan fingerprint density at radius 1 is 1.18 bits per heavy atom. The van der Waals surface area contributed by atoms with Crippen molar-refractivity contribution in [3.63, 3.8) is 0 Å². The second-order valence-electron chi connectivity index (χ2n) is 4.67. The van der Waals surface area contributed by atoms with E-state index in [1.807, 2.05) is 0 Å². The van der Waals surface area contributed by atoms with Gasteiger partial charge >= 0.3 is 0 Å². The van der Waals surface area contributed by atoms with Crippen LogP contribution in [0, 0.1) is 0 Å². The maximum absolute atomic E-state index is 11.4. The predicted molar refractivity (Wildman–Crippen MR) is 69.1 cm³/mol. The summed E-state index contributed by atoms with van der Waals surface area (Å²) >= 11 is 0. The minimum absolute atomic E-state index is 0.438. The molecule has 1 N–H and O–H groups in total. The van der Waals surface area contributed by atoms with Crippen molar-refractivity contribution < 1.29 is 17.9 Å². The van der Waals surface area contributed by atoms with E-state index in [2.05, 4.69) is 5.32 Å². The van der Waals surface area contributed by atoms with Gasteiger partial charge in [0.2, 0.25) is 0 Å². The van der Waals surface area contributed by atoms with Gasteiger partial charge in [-0.05, 0) is 20.3 Å². The SMILES string of the molecule is COCCCOCCNCC(C)(C)S(C)(=O)=O. The zero-order valence-electron chi connectivity index (χ0n) is 11.3. The molecule has 0 fully saturated rings. The van der Waals surface area contributed by atoms with Crippen LogP contribution in [0.5, 0.6) is 0 Å². The summed E-state index contributed by atoms with van der Waals surface area (Å²) in [4.78, 5) is 0. The molecule has 0 amide bonds. The largest absolute Gasteiger partial charge is 0.385 e. The minimum Gasteiger partial charge on any atom is -0.385 e. The van der Waals surface area contributed by atoms with Crippen molar-refractivity contribution in [1.29, 1.82) is 0 Å². The molecule has 6 heteroatoms.